The largest absolute Gasteiger partial charge is 0.389 e. The highest BCUT2D eigenvalue weighted by Gasteiger charge is 2.00. The zero-order valence-electron chi connectivity index (χ0n) is 8.25. The van der Waals surface area contributed by atoms with E-state index in [0.29, 0.717) is 0 Å². The van der Waals surface area contributed by atoms with Crippen LogP contribution in [0.15, 0.2) is 5.51 Å². The molecule has 0 aliphatic heterocycles. The second-order valence-electron chi connectivity index (χ2n) is 3.33. The van der Waals surface area contributed by atoms with E-state index in [0.717, 1.165) is 17.1 Å². The lowest BCUT2D eigenvalue weighted by molar-refractivity contribution is 0.629. The molecule has 0 aromatic carbocycles. The van der Waals surface area contributed by atoms with Crippen molar-refractivity contribution in [3.05, 3.63) is 11.2 Å². The SMILES string of the molecule is CCCCCCCc1ncsc1N. The molecule has 0 spiro atoms. The van der Waals surface area contributed by atoms with E-state index in [-0.39, 0.29) is 0 Å². The lowest BCUT2D eigenvalue weighted by Gasteiger charge is -1.98. The summed E-state index contributed by atoms with van der Waals surface area (Å²) in [6.45, 7) is 2.23. The van der Waals surface area contributed by atoms with Crippen molar-refractivity contribution in [1.29, 1.82) is 0 Å². The Hall–Kier alpha value is -0.570. The number of hydrogen-bond donors (Lipinski definition) is 1. The summed E-state index contributed by atoms with van der Waals surface area (Å²) in [5.41, 5.74) is 8.67. The molecule has 1 heterocycles. The molecule has 13 heavy (non-hydrogen) atoms. The molecule has 0 radical (unpaired) electrons. The van der Waals surface area contributed by atoms with Gasteiger partial charge in [0, 0.05) is 0 Å². The van der Waals surface area contributed by atoms with Crippen LogP contribution in [0.4, 0.5) is 5.00 Å². The summed E-state index contributed by atoms with van der Waals surface area (Å²) in [6, 6.07) is 0. The fourth-order valence-electron chi connectivity index (χ4n) is 1.36. The predicted molar refractivity (Wildman–Crippen MR) is 59.0 cm³/mol. The maximum Gasteiger partial charge on any atom is 0.109 e. The highest BCUT2D eigenvalue weighted by molar-refractivity contribution is 7.13. The maximum absolute atomic E-state index is 5.74. The number of aryl methyl sites for hydroxylation is 1. The normalized spacial score (nSPS) is 10.5. The average molecular weight is 198 g/mol. The number of thiazole rings is 1. The van der Waals surface area contributed by atoms with Gasteiger partial charge < -0.3 is 5.73 Å². The molecule has 0 saturated heterocycles. The van der Waals surface area contributed by atoms with Gasteiger partial charge in [0.1, 0.15) is 5.00 Å². The van der Waals surface area contributed by atoms with Crippen LogP contribution in [-0.4, -0.2) is 4.98 Å². The molecule has 0 amide bonds. The molecular formula is C10H18N2S. The quantitative estimate of drug-likeness (QED) is 0.713. The summed E-state index contributed by atoms with van der Waals surface area (Å²) in [7, 11) is 0. The van der Waals surface area contributed by atoms with Gasteiger partial charge in [-0.3, -0.25) is 0 Å². The third kappa shape index (κ3) is 3.77. The molecule has 1 aromatic heterocycles. The summed E-state index contributed by atoms with van der Waals surface area (Å²) in [4.78, 5) is 4.23. The number of rotatable bonds is 6. The standard InChI is InChI=1S/C10H18N2S/c1-2-3-4-5-6-7-9-10(11)13-8-12-9/h8H,2-7,11H2,1H3. The van der Waals surface area contributed by atoms with Crippen molar-refractivity contribution in [3.8, 4) is 0 Å². The van der Waals surface area contributed by atoms with Crippen LogP contribution in [-0.2, 0) is 6.42 Å². The van der Waals surface area contributed by atoms with Crippen LogP contribution in [0.25, 0.3) is 0 Å². The number of hydrogen-bond acceptors (Lipinski definition) is 3. The molecule has 1 aromatic rings. The lowest BCUT2D eigenvalue weighted by Crippen LogP contribution is -1.91. The molecule has 0 fully saturated rings. The van der Waals surface area contributed by atoms with E-state index in [9.17, 15) is 0 Å². The lowest BCUT2D eigenvalue weighted by atomic mass is 10.1. The van der Waals surface area contributed by atoms with E-state index in [1.54, 1.807) is 0 Å². The Morgan fingerprint density at radius 1 is 1.31 bits per heavy atom. The summed E-state index contributed by atoms with van der Waals surface area (Å²) >= 11 is 1.54. The Bertz CT molecular complexity index is 233. The van der Waals surface area contributed by atoms with Crippen LogP contribution in [0.3, 0.4) is 0 Å². The zero-order chi connectivity index (χ0) is 9.52. The summed E-state index contributed by atoms with van der Waals surface area (Å²) in [6.07, 6.45) is 7.60. The van der Waals surface area contributed by atoms with Gasteiger partial charge in [0.15, 0.2) is 0 Å². The highest BCUT2D eigenvalue weighted by atomic mass is 32.1. The van der Waals surface area contributed by atoms with Crippen LogP contribution in [0.2, 0.25) is 0 Å². The Kier molecular flexibility index (Phi) is 4.83. The first-order valence-corrected chi connectivity index (χ1v) is 5.90. The van der Waals surface area contributed by atoms with Crippen LogP contribution in [0.1, 0.15) is 44.7 Å². The van der Waals surface area contributed by atoms with Gasteiger partial charge in [-0.2, -0.15) is 0 Å². The van der Waals surface area contributed by atoms with Gasteiger partial charge >= 0.3 is 0 Å². The Morgan fingerprint density at radius 2 is 2.08 bits per heavy atom. The van der Waals surface area contributed by atoms with Crippen molar-refractivity contribution < 1.29 is 0 Å². The molecule has 0 unspecified atom stereocenters. The van der Waals surface area contributed by atoms with Gasteiger partial charge in [0.05, 0.1) is 11.2 Å². The smallest absolute Gasteiger partial charge is 0.109 e. The number of aromatic nitrogens is 1. The number of nitrogens with two attached hydrogens (primary N) is 1. The van der Waals surface area contributed by atoms with Crippen molar-refractivity contribution in [1.82, 2.24) is 4.98 Å². The monoisotopic (exact) mass is 198 g/mol. The molecule has 2 nitrogen and oxygen atoms in total. The molecule has 0 aliphatic rings. The molecule has 3 heteroatoms. The van der Waals surface area contributed by atoms with E-state index in [2.05, 4.69) is 11.9 Å². The third-order valence-corrected chi connectivity index (χ3v) is 2.89. The third-order valence-electron chi connectivity index (χ3n) is 2.19. The fourth-order valence-corrected chi connectivity index (χ4v) is 1.95. The van der Waals surface area contributed by atoms with Crippen LogP contribution < -0.4 is 5.73 Å². The minimum absolute atomic E-state index is 0.899. The van der Waals surface area contributed by atoms with Gasteiger partial charge in [0.25, 0.3) is 0 Å². The maximum atomic E-state index is 5.74. The number of nitrogen functional groups attached to an aromatic ring is 1. The van der Waals surface area contributed by atoms with Gasteiger partial charge in [0.2, 0.25) is 0 Å². The first kappa shape index (κ1) is 10.5. The van der Waals surface area contributed by atoms with Crippen molar-refractivity contribution in [3.63, 3.8) is 0 Å². The van der Waals surface area contributed by atoms with Crippen LogP contribution in [0, 0.1) is 0 Å². The molecular weight excluding hydrogens is 180 g/mol. The van der Waals surface area contributed by atoms with Crippen molar-refractivity contribution in [2.24, 2.45) is 0 Å². The van der Waals surface area contributed by atoms with E-state index < -0.39 is 0 Å². The zero-order valence-corrected chi connectivity index (χ0v) is 9.07. The Morgan fingerprint density at radius 3 is 2.69 bits per heavy atom. The highest BCUT2D eigenvalue weighted by Crippen LogP contribution is 2.18. The summed E-state index contributed by atoms with van der Waals surface area (Å²) in [5, 5.41) is 0.899. The first-order valence-electron chi connectivity index (χ1n) is 5.02. The van der Waals surface area contributed by atoms with Crippen molar-refractivity contribution >= 4 is 16.3 Å². The Labute approximate surface area is 84.2 Å². The van der Waals surface area contributed by atoms with Crippen LogP contribution >= 0.6 is 11.3 Å². The number of anilines is 1. The first-order chi connectivity index (χ1) is 6.34. The van der Waals surface area contributed by atoms with Crippen molar-refractivity contribution in [2.75, 3.05) is 5.73 Å². The van der Waals surface area contributed by atoms with E-state index in [1.165, 1.54) is 43.4 Å². The van der Waals surface area contributed by atoms with Gasteiger partial charge in [-0.15, -0.1) is 11.3 Å². The van der Waals surface area contributed by atoms with Crippen LogP contribution in [0.5, 0.6) is 0 Å². The summed E-state index contributed by atoms with van der Waals surface area (Å²) < 4.78 is 0. The minimum atomic E-state index is 0.899. The van der Waals surface area contributed by atoms with E-state index in [4.69, 9.17) is 5.73 Å². The molecule has 74 valence electrons. The van der Waals surface area contributed by atoms with Gasteiger partial charge in [-0.25, -0.2) is 4.98 Å². The number of unbranched alkanes of at least 4 members (excludes halogenated alkanes) is 4. The molecule has 0 aliphatic carbocycles. The fraction of sp³-hybridized carbons (Fsp3) is 0.700. The van der Waals surface area contributed by atoms with Gasteiger partial charge in [-0.1, -0.05) is 32.6 Å². The molecule has 2 N–H and O–H groups in total. The molecule has 0 atom stereocenters. The molecule has 0 bridgehead atoms. The van der Waals surface area contributed by atoms with E-state index in [1.807, 2.05) is 5.51 Å². The second-order valence-corrected chi connectivity index (χ2v) is 4.21. The number of nitrogens with zero attached hydrogens (tertiary/aromatic N) is 1. The van der Waals surface area contributed by atoms with E-state index >= 15 is 0 Å². The minimum Gasteiger partial charge on any atom is -0.389 e. The topological polar surface area (TPSA) is 38.9 Å². The van der Waals surface area contributed by atoms with Crippen molar-refractivity contribution in [2.45, 2.75) is 45.4 Å². The van der Waals surface area contributed by atoms with Gasteiger partial charge in [-0.05, 0) is 12.8 Å². The second kappa shape index (κ2) is 5.97. The average Bonchev–Trinajstić information content (AvgIpc) is 2.52. The molecule has 1 rings (SSSR count). The predicted octanol–water partition coefficient (Wildman–Crippen LogP) is 3.24. The Balaban J connectivity index is 2.10. The molecule has 0 saturated carbocycles. The summed E-state index contributed by atoms with van der Waals surface area (Å²) in [5.74, 6) is 0.